The third-order valence-electron chi connectivity index (χ3n) is 3.45. The van der Waals surface area contributed by atoms with Crippen molar-refractivity contribution in [2.45, 2.75) is 38.3 Å². The van der Waals surface area contributed by atoms with E-state index in [1.807, 2.05) is 45.0 Å². The molecule has 1 saturated heterocycles. The lowest BCUT2D eigenvalue weighted by molar-refractivity contribution is 0.0504. The molecule has 0 saturated carbocycles. The molecule has 1 aliphatic rings. The molecule has 1 aromatic rings. The molecule has 0 unspecified atom stereocenters. The zero-order valence-electron chi connectivity index (χ0n) is 13.1. The number of nitrogens with one attached hydrogen (secondary N) is 2. The van der Waals surface area contributed by atoms with Crippen molar-refractivity contribution in [3.8, 4) is 5.75 Å². The Morgan fingerprint density at radius 1 is 1.29 bits per heavy atom. The van der Waals surface area contributed by atoms with Crippen LogP contribution < -0.4 is 15.4 Å². The molecule has 0 spiro atoms. The summed E-state index contributed by atoms with van der Waals surface area (Å²) in [4.78, 5) is 12.0. The summed E-state index contributed by atoms with van der Waals surface area (Å²) >= 11 is 0. The molecular formula is C16H24N2O3. The molecule has 2 rings (SSSR count). The first-order chi connectivity index (χ1) is 9.90. The van der Waals surface area contributed by atoms with Crippen molar-refractivity contribution in [3.63, 3.8) is 0 Å². The minimum Gasteiger partial charge on any atom is -0.496 e. The summed E-state index contributed by atoms with van der Waals surface area (Å²) in [5.41, 5.74) is 0.613. The Kier molecular flexibility index (Phi) is 4.73. The quantitative estimate of drug-likeness (QED) is 0.897. The fourth-order valence-electron chi connectivity index (χ4n) is 2.59. The first-order valence-corrected chi connectivity index (χ1v) is 7.24. The molecule has 1 heterocycles. The van der Waals surface area contributed by atoms with Crippen LogP contribution in [0.4, 0.5) is 4.79 Å². The SMILES string of the molecule is COc1ccccc1[C@@H]1CNC[C@@H]1NC(=O)OC(C)(C)C. The van der Waals surface area contributed by atoms with Crippen molar-refractivity contribution in [2.24, 2.45) is 0 Å². The molecule has 116 valence electrons. The first kappa shape index (κ1) is 15.6. The highest BCUT2D eigenvalue weighted by molar-refractivity contribution is 5.68. The van der Waals surface area contributed by atoms with Gasteiger partial charge < -0.3 is 20.1 Å². The van der Waals surface area contributed by atoms with Gasteiger partial charge in [0.15, 0.2) is 0 Å². The molecule has 0 aromatic heterocycles. The lowest BCUT2D eigenvalue weighted by Gasteiger charge is -2.25. The fourth-order valence-corrected chi connectivity index (χ4v) is 2.59. The minimum absolute atomic E-state index is 0.00356. The number of carbonyl (C=O) groups is 1. The average Bonchev–Trinajstić information content (AvgIpc) is 2.84. The van der Waals surface area contributed by atoms with Crippen LogP contribution in [0.25, 0.3) is 0 Å². The Hall–Kier alpha value is -1.75. The lowest BCUT2D eigenvalue weighted by Crippen LogP contribution is -2.42. The Labute approximate surface area is 126 Å². The molecule has 5 nitrogen and oxygen atoms in total. The van der Waals surface area contributed by atoms with Crippen LogP contribution in [0.3, 0.4) is 0 Å². The van der Waals surface area contributed by atoms with Crippen LogP contribution in [0.5, 0.6) is 5.75 Å². The number of hydrogen-bond acceptors (Lipinski definition) is 4. The average molecular weight is 292 g/mol. The van der Waals surface area contributed by atoms with Gasteiger partial charge in [0.2, 0.25) is 0 Å². The normalized spacial score (nSPS) is 21.9. The van der Waals surface area contributed by atoms with E-state index in [0.717, 1.165) is 24.4 Å². The second-order valence-electron chi connectivity index (χ2n) is 6.26. The van der Waals surface area contributed by atoms with Gasteiger partial charge in [0.25, 0.3) is 0 Å². The van der Waals surface area contributed by atoms with E-state index in [1.165, 1.54) is 0 Å². The largest absolute Gasteiger partial charge is 0.496 e. The zero-order valence-corrected chi connectivity index (χ0v) is 13.1. The summed E-state index contributed by atoms with van der Waals surface area (Å²) in [6.45, 7) is 7.11. The van der Waals surface area contributed by atoms with Crippen LogP contribution in [0, 0.1) is 0 Å². The Balaban J connectivity index is 2.08. The van der Waals surface area contributed by atoms with Crippen molar-refractivity contribution in [3.05, 3.63) is 29.8 Å². The van der Waals surface area contributed by atoms with E-state index in [1.54, 1.807) is 7.11 Å². The molecule has 2 atom stereocenters. The summed E-state index contributed by atoms with van der Waals surface area (Å²) in [5.74, 6) is 1.02. The molecule has 0 radical (unpaired) electrons. The van der Waals surface area contributed by atoms with Crippen molar-refractivity contribution in [2.75, 3.05) is 20.2 Å². The summed E-state index contributed by atoms with van der Waals surface area (Å²) in [6, 6.07) is 7.91. The van der Waals surface area contributed by atoms with Gasteiger partial charge in [-0.1, -0.05) is 18.2 Å². The summed E-state index contributed by atoms with van der Waals surface area (Å²) in [6.07, 6.45) is -0.379. The molecule has 0 bridgehead atoms. The predicted octanol–water partition coefficient (Wildman–Crippen LogP) is 2.28. The fraction of sp³-hybridized carbons (Fsp3) is 0.562. The van der Waals surface area contributed by atoms with E-state index < -0.39 is 5.60 Å². The Morgan fingerprint density at radius 2 is 2.00 bits per heavy atom. The molecule has 1 amide bonds. The van der Waals surface area contributed by atoms with E-state index in [4.69, 9.17) is 9.47 Å². The van der Waals surface area contributed by atoms with Gasteiger partial charge in [0, 0.05) is 24.6 Å². The maximum absolute atomic E-state index is 12.0. The number of amides is 1. The molecule has 1 fully saturated rings. The summed E-state index contributed by atoms with van der Waals surface area (Å²) in [7, 11) is 1.66. The van der Waals surface area contributed by atoms with E-state index in [-0.39, 0.29) is 18.1 Å². The molecular weight excluding hydrogens is 268 g/mol. The highest BCUT2D eigenvalue weighted by Crippen LogP contribution is 2.30. The van der Waals surface area contributed by atoms with Gasteiger partial charge in [-0.15, -0.1) is 0 Å². The number of carbonyl (C=O) groups excluding carboxylic acids is 1. The zero-order chi connectivity index (χ0) is 15.5. The third kappa shape index (κ3) is 4.11. The van der Waals surface area contributed by atoms with Gasteiger partial charge in [-0.25, -0.2) is 4.79 Å². The summed E-state index contributed by atoms with van der Waals surface area (Å²) in [5, 5.41) is 6.27. The van der Waals surface area contributed by atoms with Crippen LogP contribution in [0.15, 0.2) is 24.3 Å². The number of hydrogen-bond donors (Lipinski definition) is 2. The predicted molar refractivity (Wildman–Crippen MR) is 81.8 cm³/mol. The second kappa shape index (κ2) is 6.35. The molecule has 0 aliphatic carbocycles. The van der Waals surface area contributed by atoms with Crippen LogP contribution in [0.2, 0.25) is 0 Å². The van der Waals surface area contributed by atoms with Crippen LogP contribution in [0.1, 0.15) is 32.3 Å². The maximum Gasteiger partial charge on any atom is 0.407 e. The second-order valence-corrected chi connectivity index (χ2v) is 6.26. The minimum atomic E-state index is -0.490. The number of para-hydroxylation sites is 1. The molecule has 5 heteroatoms. The van der Waals surface area contributed by atoms with Crippen molar-refractivity contribution < 1.29 is 14.3 Å². The highest BCUT2D eigenvalue weighted by Gasteiger charge is 2.32. The van der Waals surface area contributed by atoms with Gasteiger partial charge in [0.1, 0.15) is 11.4 Å². The molecule has 1 aromatic carbocycles. The van der Waals surface area contributed by atoms with Gasteiger partial charge in [0.05, 0.1) is 13.2 Å². The number of rotatable bonds is 3. The Bertz CT molecular complexity index is 497. The molecule has 21 heavy (non-hydrogen) atoms. The van der Waals surface area contributed by atoms with Crippen molar-refractivity contribution >= 4 is 6.09 Å². The number of alkyl carbamates (subject to hydrolysis) is 1. The van der Waals surface area contributed by atoms with E-state index in [2.05, 4.69) is 10.6 Å². The van der Waals surface area contributed by atoms with E-state index in [0.29, 0.717) is 0 Å². The first-order valence-electron chi connectivity index (χ1n) is 7.24. The number of ether oxygens (including phenoxy) is 2. The third-order valence-corrected chi connectivity index (χ3v) is 3.45. The lowest BCUT2D eigenvalue weighted by atomic mass is 9.93. The van der Waals surface area contributed by atoms with Crippen LogP contribution in [-0.2, 0) is 4.74 Å². The highest BCUT2D eigenvalue weighted by atomic mass is 16.6. The van der Waals surface area contributed by atoms with Gasteiger partial charge in [-0.05, 0) is 26.8 Å². The monoisotopic (exact) mass is 292 g/mol. The van der Waals surface area contributed by atoms with E-state index in [9.17, 15) is 4.79 Å². The van der Waals surface area contributed by atoms with Crippen molar-refractivity contribution in [1.82, 2.24) is 10.6 Å². The Morgan fingerprint density at radius 3 is 2.67 bits per heavy atom. The van der Waals surface area contributed by atoms with Gasteiger partial charge >= 0.3 is 6.09 Å². The molecule has 2 N–H and O–H groups in total. The number of methoxy groups -OCH3 is 1. The smallest absolute Gasteiger partial charge is 0.407 e. The van der Waals surface area contributed by atoms with Gasteiger partial charge in [-0.3, -0.25) is 0 Å². The van der Waals surface area contributed by atoms with Crippen LogP contribution in [-0.4, -0.2) is 37.9 Å². The van der Waals surface area contributed by atoms with E-state index >= 15 is 0 Å². The number of benzene rings is 1. The van der Waals surface area contributed by atoms with Gasteiger partial charge in [-0.2, -0.15) is 0 Å². The van der Waals surface area contributed by atoms with Crippen molar-refractivity contribution in [1.29, 1.82) is 0 Å². The topological polar surface area (TPSA) is 59.6 Å². The maximum atomic E-state index is 12.0. The standard InChI is InChI=1S/C16H24N2O3/c1-16(2,3)21-15(19)18-13-10-17-9-12(13)11-7-5-6-8-14(11)20-4/h5-8,12-13,17H,9-10H2,1-4H3,(H,18,19)/t12-,13-/m0/s1. The van der Waals surface area contributed by atoms with Crippen LogP contribution >= 0.6 is 0 Å². The summed E-state index contributed by atoms with van der Waals surface area (Å²) < 4.78 is 10.8. The molecule has 1 aliphatic heterocycles.